The topological polar surface area (TPSA) is 26.7 Å². The van der Waals surface area contributed by atoms with Crippen LogP contribution in [0.1, 0.15) is 27.8 Å². The van der Waals surface area contributed by atoms with Crippen molar-refractivity contribution >= 4 is 11.4 Å². The molecular weight excluding hydrogens is 482 g/mol. The van der Waals surface area contributed by atoms with E-state index < -0.39 is 31.0 Å². The lowest BCUT2D eigenvalue weighted by Crippen LogP contribution is -2.33. The number of anilines is 2. The first kappa shape index (κ1) is 27.4. The van der Waals surface area contributed by atoms with Crippen LogP contribution in [0, 0.1) is 13.8 Å². The Morgan fingerprint density at radius 2 is 1.03 bits per heavy atom. The molecule has 0 aliphatic rings. The van der Waals surface area contributed by atoms with E-state index in [1.54, 1.807) is 68.4 Å². The zero-order chi connectivity index (χ0) is 26.9. The molecule has 1 N–H and O–H groups in total. The number of nitrogens with zero attached hydrogens (tertiary/aromatic N) is 2. The second-order valence-corrected chi connectivity index (χ2v) is 9.02. The van der Waals surface area contributed by atoms with Gasteiger partial charge in [0, 0.05) is 25.5 Å². The summed E-state index contributed by atoms with van der Waals surface area (Å²) in [6, 6.07) is 18.1. The number of aliphatic hydroxyl groups is 1. The van der Waals surface area contributed by atoms with Crippen LogP contribution < -0.4 is 9.80 Å². The zero-order valence-electron chi connectivity index (χ0n) is 20.4. The summed E-state index contributed by atoms with van der Waals surface area (Å²) >= 11 is 0. The van der Waals surface area contributed by atoms with Gasteiger partial charge in [0.1, 0.15) is 18.7 Å². The zero-order valence-corrected chi connectivity index (χ0v) is 20.4. The van der Waals surface area contributed by atoms with Gasteiger partial charge < -0.3 is 14.9 Å². The minimum atomic E-state index is -4.37. The monoisotopic (exact) mass is 510 g/mol. The quantitative estimate of drug-likeness (QED) is 0.287. The molecule has 0 atom stereocenters. The van der Waals surface area contributed by atoms with Gasteiger partial charge in [-0.2, -0.15) is 26.3 Å². The fraction of sp³-hybridized carbons (Fsp3) is 0.333. The van der Waals surface area contributed by atoms with E-state index in [4.69, 9.17) is 0 Å². The van der Waals surface area contributed by atoms with Crippen molar-refractivity contribution in [2.24, 2.45) is 0 Å². The van der Waals surface area contributed by atoms with Crippen LogP contribution in [0.5, 0.6) is 0 Å². The minimum Gasteiger partial charge on any atom is -0.376 e. The normalized spacial score (nSPS) is 12.5. The highest BCUT2D eigenvalue weighted by Gasteiger charge is 2.37. The Morgan fingerprint density at radius 3 is 1.36 bits per heavy atom. The van der Waals surface area contributed by atoms with E-state index in [1.165, 1.54) is 26.2 Å². The Kier molecular flexibility index (Phi) is 7.64. The van der Waals surface area contributed by atoms with E-state index in [9.17, 15) is 31.4 Å². The van der Waals surface area contributed by atoms with Gasteiger partial charge >= 0.3 is 12.4 Å². The third-order valence-electron chi connectivity index (χ3n) is 6.11. The third kappa shape index (κ3) is 6.13. The number of benzene rings is 3. The summed E-state index contributed by atoms with van der Waals surface area (Å²) in [4.78, 5) is 2.16. The standard InChI is InChI=1S/C27H28F6N2O/c1-18-14-21(34(3)16-25(28,29)30)10-12-23(18)27(36,20-8-6-5-7-9-20)24-13-11-22(15-19(24)2)35(4)17-26(31,32)33/h5-15,36H,16-17H2,1-4H3. The van der Waals surface area contributed by atoms with E-state index in [0.29, 0.717) is 39.2 Å². The van der Waals surface area contributed by atoms with Gasteiger partial charge in [0.25, 0.3) is 0 Å². The molecule has 0 spiro atoms. The molecule has 0 bridgehead atoms. The van der Waals surface area contributed by atoms with Crippen LogP contribution >= 0.6 is 0 Å². The molecule has 0 saturated heterocycles. The number of halogens is 6. The van der Waals surface area contributed by atoms with E-state index >= 15 is 0 Å². The van der Waals surface area contributed by atoms with Crippen LogP contribution in [-0.2, 0) is 5.60 Å². The van der Waals surface area contributed by atoms with Crippen molar-refractivity contribution in [2.45, 2.75) is 31.8 Å². The summed E-state index contributed by atoms with van der Waals surface area (Å²) in [6.45, 7) is 1.16. The molecule has 36 heavy (non-hydrogen) atoms. The lowest BCUT2D eigenvalue weighted by atomic mass is 9.77. The Labute approximate surface area is 206 Å². The molecule has 0 amide bonds. The van der Waals surface area contributed by atoms with Crippen molar-refractivity contribution in [1.29, 1.82) is 0 Å². The van der Waals surface area contributed by atoms with Gasteiger partial charge in [0.2, 0.25) is 0 Å². The van der Waals surface area contributed by atoms with Crippen LogP contribution in [0.25, 0.3) is 0 Å². The van der Waals surface area contributed by atoms with Crippen molar-refractivity contribution in [3.05, 3.63) is 94.5 Å². The molecule has 3 aromatic carbocycles. The average molecular weight is 511 g/mol. The Morgan fingerprint density at radius 1 is 0.639 bits per heavy atom. The summed E-state index contributed by atoms with van der Waals surface area (Å²) in [6.07, 6.45) is -8.74. The molecule has 0 saturated carbocycles. The smallest absolute Gasteiger partial charge is 0.376 e. The van der Waals surface area contributed by atoms with Gasteiger partial charge in [0.05, 0.1) is 0 Å². The molecule has 0 aromatic heterocycles. The molecule has 3 rings (SSSR count). The molecule has 3 nitrogen and oxygen atoms in total. The summed E-state index contributed by atoms with van der Waals surface area (Å²) in [5.41, 5.74) is 1.53. The Bertz CT molecular complexity index is 1120. The average Bonchev–Trinajstić information content (AvgIpc) is 2.76. The molecule has 0 aliphatic heterocycles. The maximum atomic E-state index is 12.9. The van der Waals surface area contributed by atoms with Crippen molar-refractivity contribution in [3.8, 4) is 0 Å². The van der Waals surface area contributed by atoms with E-state index in [2.05, 4.69) is 0 Å². The van der Waals surface area contributed by atoms with Crippen molar-refractivity contribution in [1.82, 2.24) is 0 Å². The van der Waals surface area contributed by atoms with Crippen molar-refractivity contribution in [2.75, 3.05) is 37.0 Å². The van der Waals surface area contributed by atoms with Gasteiger partial charge in [-0.3, -0.25) is 0 Å². The van der Waals surface area contributed by atoms with Gasteiger partial charge in [-0.05, 0) is 65.9 Å². The second-order valence-electron chi connectivity index (χ2n) is 9.02. The van der Waals surface area contributed by atoms with Gasteiger partial charge in [-0.25, -0.2) is 0 Å². The lowest BCUT2D eigenvalue weighted by molar-refractivity contribution is -0.120. The molecule has 0 fully saturated rings. The molecule has 0 heterocycles. The summed E-state index contributed by atoms with van der Waals surface area (Å²) in [5.74, 6) is 0. The fourth-order valence-electron chi connectivity index (χ4n) is 4.44. The van der Waals surface area contributed by atoms with Crippen molar-refractivity contribution in [3.63, 3.8) is 0 Å². The third-order valence-corrected chi connectivity index (χ3v) is 6.11. The van der Waals surface area contributed by atoms with Crippen LogP contribution in [0.4, 0.5) is 37.7 Å². The van der Waals surface area contributed by atoms with Crippen LogP contribution in [0.15, 0.2) is 66.7 Å². The first-order valence-corrected chi connectivity index (χ1v) is 11.2. The van der Waals surface area contributed by atoms with Crippen LogP contribution in [0.2, 0.25) is 0 Å². The van der Waals surface area contributed by atoms with E-state index in [0.717, 1.165) is 9.80 Å². The summed E-state index contributed by atoms with van der Waals surface area (Å²) < 4.78 is 77.3. The highest BCUT2D eigenvalue weighted by atomic mass is 19.4. The minimum absolute atomic E-state index is 0.338. The maximum Gasteiger partial charge on any atom is 0.405 e. The first-order chi connectivity index (χ1) is 16.6. The van der Waals surface area contributed by atoms with E-state index in [1.807, 2.05) is 0 Å². The summed E-state index contributed by atoms with van der Waals surface area (Å²) in [7, 11) is 2.68. The highest BCUT2D eigenvalue weighted by molar-refractivity contribution is 5.60. The molecule has 3 aromatic rings. The highest BCUT2D eigenvalue weighted by Crippen LogP contribution is 2.41. The molecular formula is C27H28F6N2O. The van der Waals surface area contributed by atoms with Crippen LogP contribution in [0.3, 0.4) is 0 Å². The molecule has 0 aliphatic carbocycles. The predicted molar refractivity (Wildman–Crippen MR) is 130 cm³/mol. The van der Waals surface area contributed by atoms with Gasteiger partial charge in [-0.15, -0.1) is 0 Å². The summed E-state index contributed by atoms with van der Waals surface area (Å²) in [5, 5.41) is 12.2. The van der Waals surface area contributed by atoms with E-state index in [-0.39, 0.29) is 0 Å². The SMILES string of the molecule is Cc1cc(N(C)CC(F)(F)F)ccc1C(O)(c1ccccc1)c1ccc(N(C)CC(F)(F)F)cc1C. The Hall–Kier alpha value is -3.20. The molecule has 0 unspecified atom stereocenters. The van der Waals surface area contributed by atoms with Crippen LogP contribution in [-0.4, -0.2) is 44.6 Å². The molecule has 0 radical (unpaired) electrons. The number of hydrogen-bond acceptors (Lipinski definition) is 3. The number of aryl methyl sites for hydroxylation is 2. The largest absolute Gasteiger partial charge is 0.405 e. The van der Waals surface area contributed by atoms with Crippen molar-refractivity contribution < 1.29 is 31.4 Å². The first-order valence-electron chi connectivity index (χ1n) is 11.2. The second kappa shape index (κ2) is 10.0. The number of hydrogen-bond donors (Lipinski definition) is 1. The predicted octanol–water partition coefficient (Wildman–Crippen LogP) is 6.58. The molecule has 194 valence electrons. The van der Waals surface area contributed by atoms with Gasteiger partial charge in [0.15, 0.2) is 0 Å². The maximum absolute atomic E-state index is 12.9. The Balaban J connectivity index is 2.11. The number of alkyl halides is 6. The van der Waals surface area contributed by atoms with Gasteiger partial charge in [-0.1, -0.05) is 42.5 Å². The lowest BCUT2D eigenvalue weighted by Gasteiger charge is -2.34. The number of rotatable bonds is 7. The molecule has 9 heteroatoms. The fourth-order valence-corrected chi connectivity index (χ4v) is 4.44.